The number of piperidine rings is 1. The van der Waals surface area contributed by atoms with Gasteiger partial charge in [-0.3, -0.25) is 14.4 Å². The van der Waals surface area contributed by atoms with Crippen LogP contribution in [0.1, 0.15) is 68.3 Å². The fourth-order valence-corrected chi connectivity index (χ4v) is 8.02. The van der Waals surface area contributed by atoms with E-state index in [4.69, 9.17) is 4.42 Å². The molecule has 7 heteroatoms. The molecule has 3 amide bonds. The van der Waals surface area contributed by atoms with Crippen LogP contribution in [0, 0.1) is 23.2 Å². The second-order valence-corrected chi connectivity index (χ2v) is 11.3. The van der Waals surface area contributed by atoms with Gasteiger partial charge in [0.15, 0.2) is 5.76 Å². The molecule has 4 bridgehead atoms. The second-order valence-electron chi connectivity index (χ2n) is 11.3. The molecule has 6 aliphatic rings. The summed E-state index contributed by atoms with van der Waals surface area (Å²) < 4.78 is 5.30. The first kappa shape index (κ1) is 21.2. The Morgan fingerprint density at radius 3 is 2.09 bits per heavy atom. The van der Waals surface area contributed by atoms with Gasteiger partial charge in [-0.25, -0.2) is 0 Å². The van der Waals surface area contributed by atoms with Crippen molar-refractivity contribution in [3.63, 3.8) is 0 Å². The molecule has 0 aromatic carbocycles. The fraction of sp³-hybridized carbons (Fsp3) is 0.731. The molecule has 178 valence electrons. The molecule has 0 N–H and O–H groups in total. The molecule has 0 spiro atoms. The zero-order valence-electron chi connectivity index (χ0n) is 19.4. The lowest BCUT2D eigenvalue weighted by atomic mass is 9.49. The number of amides is 3. The normalized spacial score (nSPS) is 35.7. The lowest BCUT2D eigenvalue weighted by Crippen LogP contribution is -2.60. The van der Waals surface area contributed by atoms with Crippen molar-refractivity contribution >= 4 is 17.7 Å². The van der Waals surface area contributed by atoms with Crippen molar-refractivity contribution in [2.45, 2.75) is 63.8 Å². The molecule has 7 rings (SSSR count). The zero-order valence-corrected chi connectivity index (χ0v) is 19.4. The quantitative estimate of drug-likeness (QED) is 0.705. The van der Waals surface area contributed by atoms with Gasteiger partial charge in [-0.15, -0.1) is 0 Å². The van der Waals surface area contributed by atoms with Crippen molar-refractivity contribution in [1.29, 1.82) is 0 Å². The highest BCUT2D eigenvalue weighted by molar-refractivity contribution is 5.95. The highest BCUT2D eigenvalue weighted by atomic mass is 16.3. The summed E-state index contributed by atoms with van der Waals surface area (Å²) in [7, 11) is 0. The van der Waals surface area contributed by atoms with Crippen molar-refractivity contribution in [3.8, 4) is 0 Å². The van der Waals surface area contributed by atoms with E-state index in [0.717, 1.165) is 49.9 Å². The third-order valence-corrected chi connectivity index (χ3v) is 9.15. The minimum absolute atomic E-state index is 0.0245. The molecule has 2 aliphatic heterocycles. The number of furan rings is 1. The Morgan fingerprint density at radius 1 is 0.848 bits per heavy atom. The molecule has 1 aromatic heterocycles. The molecule has 1 unspecified atom stereocenters. The molecule has 2 saturated heterocycles. The van der Waals surface area contributed by atoms with Crippen LogP contribution in [0.25, 0.3) is 0 Å². The van der Waals surface area contributed by atoms with Crippen molar-refractivity contribution in [1.82, 2.24) is 14.7 Å². The Balaban J connectivity index is 1.10. The van der Waals surface area contributed by atoms with Crippen molar-refractivity contribution in [2.75, 3.05) is 32.7 Å². The van der Waals surface area contributed by atoms with E-state index in [0.29, 0.717) is 50.8 Å². The van der Waals surface area contributed by atoms with Crippen LogP contribution < -0.4 is 0 Å². The summed E-state index contributed by atoms with van der Waals surface area (Å²) >= 11 is 0. The first-order valence-electron chi connectivity index (χ1n) is 12.9. The van der Waals surface area contributed by atoms with Gasteiger partial charge in [0, 0.05) is 32.7 Å². The van der Waals surface area contributed by atoms with Crippen molar-refractivity contribution < 1.29 is 18.8 Å². The zero-order chi connectivity index (χ0) is 22.6. The van der Waals surface area contributed by atoms with Crippen LogP contribution in [0.4, 0.5) is 0 Å². The van der Waals surface area contributed by atoms with Gasteiger partial charge in [-0.2, -0.15) is 0 Å². The second kappa shape index (κ2) is 8.17. The van der Waals surface area contributed by atoms with Gasteiger partial charge >= 0.3 is 0 Å². The predicted molar refractivity (Wildman–Crippen MR) is 121 cm³/mol. The smallest absolute Gasteiger partial charge is 0.290 e. The highest BCUT2D eigenvalue weighted by Gasteiger charge is 2.55. The van der Waals surface area contributed by atoms with Crippen molar-refractivity contribution in [2.24, 2.45) is 23.2 Å². The summed E-state index contributed by atoms with van der Waals surface area (Å²) in [6, 6.07) is 2.93. The largest absolute Gasteiger partial charge is 0.459 e. The minimum atomic E-state index is -0.429. The first-order chi connectivity index (χ1) is 16.0. The topological polar surface area (TPSA) is 74.1 Å². The number of rotatable bonds is 3. The van der Waals surface area contributed by atoms with Crippen LogP contribution >= 0.6 is 0 Å². The summed E-state index contributed by atoms with van der Waals surface area (Å²) in [4.78, 5) is 45.6. The molecule has 4 aliphatic carbocycles. The van der Waals surface area contributed by atoms with Crippen LogP contribution in [0.15, 0.2) is 22.8 Å². The summed E-state index contributed by atoms with van der Waals surface area (Å²) in [5.74, 6) is 2.75. The predicted octanol–water partition coefficient (Wildman–Crippen LogP) is 3.16. The van der Waals surface area contributed by atoms with E-state index in [1.165, 1.54) is 25.5 Å². The molecule has 0 radical (unpaired) electrons. The lowest BCUT2D eigenvalue weighted by Gasteiger charge is -2.57. The van der Waals surface area contributed by atoms with E-state index in [-0.39, 0.29) is 17.2 Å². The maximum atomic E-state index is 13.7. The maximum absolute atomic E-state index is 13.7. The molecule has 33 heavy (non-hydrogen) atoms. The van der Waals surface area contributed by atoms with Crippen LogP contribution in [-0.2, 0) is 9.59 Å². The Bertz CT molecular complexity index is 883. The van der Waals surface area contributed by atoms with Crippen LogP contribution in [-0.4, -0.2) is 71.2 Å². The third kappa shape index (κ3) is 3.68. The van der Waals surface area contributed by atoms with E-state index in [1.54, 1.807) is 17.0 Å². The molecular formula is C26H35N3O4. The van der Waals surface area contributed by atoms with E-state index >= 15 is 0 Å². The Labute approximate surface area is 195 Å². The summed E-state index contributed by atoms with van der Waals surface area (Å²) in [6.07, 6.45) is 11.3. The van der Waals surface area contributed by atoms with Crippen LogP contribution in [0.3, 0.4) is 0 Å². The number of piperazine rings is 1. The number of carbonyl (C=O) groups excluding carboxylic acids is 3. The SMILES string of the molecule is O=C(C1CCCCN1C(=O)c1ccco1)N1CCN(C(=O)C23CC4CC(CC(C4)C2)C3)CC1. The van der Waals surface area contributed by atoms with Crippen LogP contribution in [0.2, 0.25) is 0 Å². The maximum Gasteiger partial charge on any atom is 0.290 e. The Morgan fingerprint density at radius 2 is 1.48 bits per heavy atom. The molecule has 6 fully saturated rings. The average molecular weight is 454 g/mol. The summed E-state index contributed by atoms with van der Waals surface area (Å²) in [5, 5.41) is 0. The average Bonchev–Trinajstić information content (AvgIpc) is 3.37. The molecule has 7 nitrogen and oxygen atoms in total. The molecule has 1 atom stereocenters. The monoisotopic (exact) mass is 453 g/mol. The Kier molecular flexibility index (Phi) is 5.26. The van der Waals surface area contributed by atoms with Gasteiger partial charge < -0.3 is 19.1 Å². The van der Waals surface area contributed by atoms with E-state index < -0.39 is 6.04 Å². The lowest BCUT2D eigenvalue weighted by molar-refractivity contribution is -0.161. The summed E-state index contributed by atoms with van der Waals surface area (Å²) in [6.45, 7) is 2.95. The van der Waals surface area contributed by atoms with Gasteiger partial charge in [0.05, 0.1) is 11.7 Å². The van der Waals surface area contributed by atoms with E-state index in [9.17, 15) is 14.4 Å². The number of hydrogen-bond acceptors (Lipinski definition) is 4. The highest BCUT2D eigenvalue weighted by Crippen LogP contribution is 2.60. The van der Waals surface area contributed by atoms with E-state index in [1.807, 2.05) is 9.80 Å². The minimum Gasteiger partial charge on any atom is -0.459 e. The van der Waals surface area contributed by atoms with Gasteiger partial charge in [0.25, 0.3) is 5.91 Å². The number of carbonyl (C=O) groups is 3. The van der Waals surface area contributed by atoms with Crippen LogP contribution in [0.5, 0.6) is 0 Å². The van der Waals surface area contributed by atoms with E-state index in [2.05, 4.69) is 0 Å². The molecule has 3 heterocycles. The fourth-order valence-electron chi connectivity index (χ4n) is 8.02. The standard InChI is InChI=1S/C26H35N3O4/c30-23(21-4-1-2-6-29(21)24(31)22-5-3-11-33-22)27-7-9-28(10-8-27)25(32)26-15-18-12-19(16-26)14-20(13-18)17-26/h3,5,11,18-21H,1-2,4,6-10,12-17H2. The number of nitrogens with zero attached hydrogens (tertiary/aromatic N) is 3. The number of likely N-dealkylation sites (tertiary alicyclic amines) is 1. The molecule has 1 aromatic rings. The Hall–Kier alpha value is -2.31. The number of hydrogen-bond donors (Lipinski definition) is 0. The third-order valence-electron chi connectivity index (χ3n) is 9.15. The first-order valence-corrected chi connectivity index (χ1v) is 12.9. The van der Waals surface area contributed by atoms with Gasteiger partial charge in [-0.1, -0.05) is 0 Å². The molecule has 4 saturated carbocycles. The molecular weight excluding hydrogens is 418 g/mol. The summed E-state index contributed by atoms with van der Waals surface area (Å²) in [5.41, 5.74) is -0.115. The van der Waals surface area contributed by atoms with Gasteiger partial charge in [0.2, 0.25) is 11.8 Å². The van der Waals surface area contributed by atoms with Gasteiger partial charge in [-0.05, 0) is 87.7 Å². The van der Waals surface area contributed by atoms with Gasteiger partial charge in [0.1, 0.15) is 6.04 Å². The van der Waals surface area contributed by atoms with Crippen molar-refractivity contribution in [3.05, 3.63) is 24.2 Å².